The van der Waals surface area contributed by atoms with E-state index in [2.05, 4.69) is 10.3 Å². The number of oxazole rings is 1. The first-order valence-corrected chi connectivity index (χ1v) is 5.68. The first-order valence-electron chi connectivity index (χ1n) is 5.15. The summed E-state index contributed by atoms with van der Waals surface area (Å²) in [7, 11) is 0. The van der Waals surface area contributed by atoms with Gasteiger partial charge in [-0.1, -0.05) is 6.92 Å². The molecule has 0 aliphatic carbocycles. The smallest absolute Gasteiger partial charge is 0.362 e. The molecular weight excluding hydrogens is 248 g/mol. The number of amides is 1. The van der Waals surface area contributed by atoms with Crippen LogP contribution in [0, 0.1) is 0 Å². The molecule has 6 nitrogen and oxygen atoms in total. The van der Waals surface area contributed by atoms with Crippen molar-refractivity contribution in [2.24, 2.45) is 0 Å². The van der Waals surface area contributed by atoms with Gasteiger partial charge in [0, 0.05) is 6.42 Å². The Bertz CT molecular complexity index is 416. The number of carbonyl (C=O) groups is 2. The van der Waals surface area contributed by atoms with Crippen LogP contribution < -0.4 is 5.32 Å². The van der Waals surface area contributed by atoms with Crippen LogP contribution in [0.3, 0.4) is 0 Å². The molecule has 0 aliphatic heterocycles. The van der Waals surface area contributed by atoms with Crippen molar-refractivity contribution in [1.29, 1.82) is 0 Å². The molecule has 0 aromatic carbocycles. The Balaban J connectivity index is 2.96. The fraction of sp³-hybridized carbons (Fsp3) is 0.500. The molecule has 0 unspecified atom stereocenters. The standard InChI is InChI=1S/C10H13ClN2O4/c1-3-7-13-8(10(15)16-4-2)9(17-7)12-6(14)5-11/h3-5H2,1-2H3,(H,12,14). The third-order valence-corrected chi connectivity index (χ3v) is 2.06. The molecule has 1 amide bonds. The first-order chi connectivity index (χ1) is 8.12. The molecule has 1 aromatic rings. The minimum atomic E-state index is -0.638. The molecule has 94 valence electrons. The van der Waals surface area contributed by atoms with Gasteiger partial charge in [0.25, 0.3) is 0 Å². The van der Waals surface area contributed by atoms with Crippen LogP contribution in [0.25, 0.3) is 0 Å². The molecule has 0 fully saturated rings. The maximum atomic E-state index is 11.5. The van der Waals surface area contributed by atoms with Crippen molar-refractivity contribution in [1.82, 2.24) is 4.98 Å². The summed E-state index contributed by atoms with van der Waals surface area (Å²) in [6.45, 7) is 3.71. The number of alkyl halides is 1. The highest BCUT2D eigenvalue weighted by molar-refractivity contribution is 6.29. The molecule has 1 N–H and O–H groups in total. The summed E-state index contributed by atoms with van der Waals surface area (Å²) in [5, 5.41) is 2.35. The van der Waals surface area contributed by atoms with Gasteiger partial charge in [0.2, 0.25) is 17.5 Å². The molecule has 0 saturated heterocycles. The number of nitrogens with one attached hydrogen (secondary N) is 1. The van der Waals surface area contributed by atoms with Crippen molar-refractivity contribution in [3.63, 3.8) is 0 Å². The van der Waals surface area contributed by atoms with Crippen molar-refractivity contribution in [3.8, 4) is 0 Å². The van der Waals surface area contributed by atoms with Crippen molar-refractivity contribution < 1.29 is 18.7 Å². The number of esters is 1. The van der Waals surface area contributed by atoms with E-state index in [-0.39, 0.29) is 24.1 Å². The van der Waals surface area contributed by atoms with Gasteiger partial charge in [-0.25, -0.2) is 9.78 Å². The zero-order valence-electron chi connectivity index (χ0n) is 9.58. The van der Waals surface area contributed by atoms with Crippen LogP contribution in [0.4, 0.5) is 5.88 Å². The van der Waals surface area contributed by atoms with Gasteiger partial charge in [0.15, 0.2) is 5.89 Å². The number of hydrogen-bond donors (Lipinski definition) is 1. The molecule has 0 aliphatic rings. The highest BCUT2D eigenvalue weighted by atomic mass is 35.5. The minimum absolute atomic E-state index is 0.0223. The van der Waals surface area contributed by atoms with Gasteiger partial charge in [-0.3, -0.25) is 10.1 Å². The molecule has 1 aromatic heterocycles. The van der Waals surface area contributed by atoms with Crippen LogP contribution >= 0.6 is 11.6 Å². The maximum Gasteiger partial charge on any atom is 0.362 e. The van der Waals surface area contributed by atoms with Gasteiger partial charge in [-0.15, -0.1) is 11.6 Å². The second kappa shape index (κ2) is 6.24. The number of rotatable bonds is 5. The monoisotopic (exact) mass is 260 g/mol. The van der Waals surface area contributed by atoms with Crippen molar-refractivity contribution in [2.75, 3.05) is 17.8 Å². The Hall–Kier alpha value is -1.56. The van der Waals surface area contributed by atoms with Gasteiger partial charge in [-0.05, 0) is 6.92 Å². The molecule has 17 heavy (non-hydrogen) atoms. The molecule has 0 bridgehead atoms. The number of halogens is 1. The minimum Gasteiger partial charge on any atom is -0.461 e. The molecule has 7 heteroatoms. The average molecular weight is 261 g/mol. The Morgan fingerprint density at radius 3 is 2.71 bits per heavy atom. The lowest BCUT2D eigenvalue weighted by Crippen LogP contribution is -2.15. The molecule has 1 rings (SSSR count). The van der Waals surface area contributed by atoms with Gasteiger partial charge in [0.05, 0.1) is 6.61 Å². The molecule has 0 radical (unpaired) electrons. The number of nitrogens with zero attached hydrogens (tertiary/aromatic N) is 1. The molecule has 1 heterocycles. The first kappa shape index (κ1) is 13.5. The molecule has 0 spiro atoms. The second-order valence-electron chi connectivity index (χ2n) is 3.04. The second-order valence-corrected chi connectivity index (χ2v) is 3.31. The quantitative estimate of drug-likeness (QED) is 0.642. The zero-order valence-corrected chi connectivity index (χ0v) is 10.3. The van der Waals surface area contributed by atoms with E-state index < -0.39 is 11.9 Å². The SMILES string of the molecule is CCOC(=O)c1nc(CC)oc1NC(=O)CCl. The maximum absolute atomic E-state index is 11.5. The summed E-state index contributed by atoms with van der Waals surface area (Å²) < 4.78 is 10.00. The predicted octanol–water partition coefficient (Wildman–Crippen LogP) is 1.59. The van der Waals surface area contributed by atoms with Crippen LogP contribution in [0.1, 0.15) is 30.2 Å². The highest BCUT2D eigenvalue weighted by Crippen LogP contribution is 2.18. The number of anilines is 1. The zero-order chi connectivity index (χ0) is 12.8. The normalized spacial score (nSPS) is 10.1. The highest BCUT2D eigenvalue weighted by Gasteiger charge is 2.22. The van der Waals surface area contributed by atoms with E-state index >= 15 is 0 Å². The van der Waals surface area contributed by atoms with E-state index in [9.17, 15) is 9.59 Å². The van der Waals surface area contributed by atoms with Gasteiger partial charge in [0.1, 0.15) is 5.88 Å². The van der Waals surface area contributed by atoms with Crippen LogP contribution in [0.15, 0.2) is 4.42 Å². The fourth-order valence-electron chi connectivity index (χ4n) is 1.10. The number of ether oxygens (including phenoxy) is 1. The van der Waals surface area contributed by atoms with Crippen molar-refractivity contribution in [3.05, 3.63) is 11.6 Å². The van der Waals surface area contributed by atoms with Crippen molar-refractivity contribution >= 4 is 29.4 Å². The van der Waals surface area contributed by atoms with E-state index in [1.165, 1.54) is 0 Å². The lowest BCUT2D eigenvalue weighted by atomic mass is 10.4. The third kappa shape index (κ3) is 3.45. The Morgan fingerprint density at radius 2 is 2.18 bits per heavy atom. The largest absolute Gasteiger partial charge is 0.461 e. The molecule has 0 atom stereocenters. The van der Waals surface area contributed by atoms with E-state index in [4.69, 9.17) is 20.8 Å². The summed E-state index contributed by atoms with van der Waals surface area (Å²) in [6, 6.07) is 0. The van der Waals surface area contributed by atoms with E-state index in [0.29, 0.717) is 12.3 Å². The van der Waals surface area contributed by atoms with E-state index in [1.807, 2.05) is 6.92 Å². The Kier molecular flexibility index (Phi) is 4.96. The van der Waals surface area contributed by atoms with Gasteiger partial charge >= 0.3 is 5.97 Å². The van der Waals surface area contributed by atoms with Gasteiger partial charge < -0.3 is 9.15 Å². The summed E-state index contributed by atoms with van der Waals surface area (Å²) >= 11 is 5.35. The Morgan fingerprint density at radius 1 is 1.47 bits per heavy atom. The third-order valence-electron chi connectivity index (χ3n) is 1.82. The predicted molar refractivity (Wildman–Crippen MR) is 61.2 cm³/mol. The van der Waals surface area contributed by atoms with Gasteiger partial charge in [-0.2, -0.15) is 0 Å². The fourth-order valence-corrected chi connectivity index (χ4v) is 1.17. The van der Waals surface area contributed by atoms with Crippen LogP contribution in [0.5, 0.6) is 0 Å². The summed E-state index contributed by atoms with van der Waals surface area (Å²) in [6.07, 6.45) is 0.503. The van der Waals surface area contributed by atoms with E-state index in [0.717, 1.165) is 0 Å². The van der Waals surface area contributed by atoms with Crippen molar-refractivity contribution in [2.45, 2.75) is 20.3 Å². The van der Waals surface area contributed by atoms with Crippen LogP contribution in [-0.2, 0) is 16.0 Å². The average Bonchev–Trinajstić information content (AvgIpc) is 2.72. The summed E-state index contributed by atoms with van der Waals surface area (Å²) in [4.78, 5) is 26.6. The molecular formula is C10H13ClN2O4. The molecule has 0 saturated carbocycles. The summed E-state index contributed by atoms with van der Waals surface area (Å²) in [5.74, 6) is -1.02. The number of hydrogen-bond acceptors (Lipinski definition) is 5. The lowest BCUT2D eigenvalue weighted by Gasteiger charge is -2.01. The number of aromatic nitrogens is 1. The topological polar surface area (TPSA) is 81.4 Å². The summed E-state index contributed by atoms with van der Waals surface area (Å²) in [5.41, 5.74) is -0.0397. The lowest BCUT2D eigenvalue weighted by molar-refractivity contribution is -0.114. The Labute approximate surface area is 103 Å². The van der Waals surface area contributed by atoms with E-state index in [1.54, 1.807) is 6.92 Å². The van der Waals surface area contributed by atoms with Crippen LogP contribution in [-0.4, -0.2) is 29.3 Å². The number of aryl methyl sites for hydroxylation is 1. The number of carbonyl (C=O) groups excluding carboxylic acids is 2. The van der Waals surface area contributed by atoms with Crippen LogP contribution in [0.2, 0.25) is 0 Å².